The van der Waals surface area contributed by atoms with Gasteiger partial charge in [-0.1, -0.05) is 20.8 Å². The van der Waals surface area contributed by atoms with Crippen molar-refractivity contribution >= 4 is 23.6 Å². The standard InChI is InChI=1S/C19H27N3O4/c1-12(2)9-20-17(23)14-4-6-16(7-5-14)21-19(26)22-10-13(3)8-15(11-22)18(24)25/h4-7,12-13,15H,8-11H2,1-3H3,(H,20,23)(H,21,26)(H,24,25). The van der Waals surface area contributed by atoms with Crippen molar-refractivity contribution < 1.29 is 19.5 Å². The average molecular weight is 361 g/mol. The minimum Gasteiger partial charge on any atom is -0.481 e. The third-order valence-corrected chi connectivity index (χ3v) is 4.37. The number of amides is 3. The van der Waals surface area contributed by atoms with Gasteiger partial charge in [0.2, 0.25) is 0 Å². The first-order valence-electron chi connectivity index (χ1n) is 8.93. The van der Waals surface area contributed by atoms with Crippen LogP contribution in [0.25, 0.3) is 0 Å². The number of aliphatic carboxylic acids is 1. The fourth-order valence-corrected chi connectivity index (χ4v) is 3.00. The van der Waals surface area contributed by atoms with E-state index in [1.165, 1.54) is 4.90 Å². The van der Waals surface area contributed by atoms with Gasteiger partial charge in [0.15, 0.2) is 0 Å². The maximum absolute atomic E-state index is 12.4. The minimum absolute atomic E-state index is 0.141. The summed E-state index contributed by atoms with van der Waals surface area (Å²) in [6.07, 6.45) is 0.583. The zero-order valence-corrected chi connectivity index (χ0v) is 15.5. The smallest absolute Gasteiger partial charge is 0.321 e. The molecule has 0 aromatic heterocycles. The van der Waals surface area contributed by atoms with Crippen molar-refractivity contribution in [3.8, 4) is 0 Å². The summed E-state index contributed by atoms with van der Waals surface area (Å²) in [6.45, 7) is 7.34. The summed E-state index contributed by atoms with van der Waals surface area (Å²) in [5.74, 6) is -1.03. The first-order chi connectivity index (χ1) is 12.3. The Kier molecular flexibility index (Phi) is 6.60. The van der Waals surface area contributed by atoms with Crippen LogP contribution in [0.5, 0.6) is 0 Å². The summed E-state index contributed by atoms with van der Waals surface area (Å²) < 4.78 is 0. The highest BCUT2D eigenvalue weighted by molar-refractivity contribution is 5.95. The monoisotopic (exact) mass is 361 g/mol. The van der Waals surface area contributed by atoms with Gasteiger partial charge in [0.05, 0.1) is 5.92 Å². The molecule has 0 spiro atoms. The van der Waals surface area contributed by atoms with Crippen molar-refractivity contribution in [1.29, 1.82) is 0 Å². The molecule has 1 aromatic carbocycles. The van der Waals surface area contributed by atoms with Crippen molar-refractivity contribution in [2.24, 2.45) is 17.8 Å². The number of anilines is 1. The molecule has 7 nitrogen and oxygen atoms in total. The number of benzene rings is 1. The Hall–Kier alpha value is -2.57. The number of nitrogens with one attached hydrogen (secondary N) is 2. The number of carboxylic acid groups (broad SMARTS) is 1. The summed E-state index contributed by atoms with van der Waals surface area (Å²) in [4.78, 5) is 37.2. The van der Waals surface area contributed by atoms with Crippen molar-refractivity contribution in [1.82, 2.24) is 10.2 Å². The summed E-state index contributed by atoms with van der Waals surface area (Å²) in [7, 11) is 0. The molecule has 1 aromatic rings. The Labute approximate surface area is 153 Å². The van der Waals surface area contributed by atoms with Crippen LogP contribution in [0.3, 0.4) is 0 Å². The number of rotatable bonds is 5. The summed E-state index contributed by atoms with van der Waals surface area (Å²) in [5, 5.41) is 14.8. The highest BCUT2D eigenvalue weighted by Crippen LogP contribution is 2.22. The van der Waals surface area contributed by atoms with E-state index in [0.29, 0.717) is 36.7 Å². The molecule has 1 aliphatic heterocycles. The van der Waals surface area contributed by atoms with Gasteiger partial charge in [0.1, 0.15) is 0 Å². The lowest BCUT2D eigenvalue weighted by Crippen LogP contribution is -2.47. The van der Waals surface area contributed by atoms with Crippen molar-refractivity contribution in [2.45, 2.75) is 27.2 Å². The normalized spacial score (nSPS) is 19.9. The van der Waals surface area contributed by atoms with Crippen LogP contribution in [-0.2, 0) is 4.79 Å². The number of hydrogen-bond acceptors (Lipinski definition) is 3. The molecule has 1 aliphatic rings. The van der Waals surface area contributed by atoms with E-state index in [1.54, 1.807) is 24.3 Å². The molecule has 142 valence electrons. The van der Waals surface area contributed by atoms with E-state index in [0.717, 1.165) is 0 Å². The third-order valence-electron chi connectivity index (χ3n) is 4.37. The van der Waals surface area contributed by atoms with Gasteiger partial charge in [0, 0.05) is 30.9 Å². The molecular weight excluding hydrogens is 334 g/mol. The van der Waals surface area contributed by atoms with Gasteiger partial charge in [-0.25, -0.2) is 4.79 Å². The van der Waals surface area contributed by atoms with Crippen LogP contribution in [0.4, 0.5) is 10.5 Å². The summed E-state index contributed by atoms with van der Waals surface area (Å²) in [5.41, 5.74) is 1.10. The highest BCUT2D eigenvalue weighted by Gasteiger charge is 2.31. The van der Waals surface area contributed by atoms with Gasteiger partial charge < -0.3 is 20.6 Å². The lowest BCUT2D eigenvalue weighted by Gasteiger charge is -2.34. The van der Waals surface area contributed by atoms with E-state index in [1.807, 2.05) is 20.8 Å². The van der Waals surface area contributed by atoms with Crippen molar-refractivity contribution in [2.75, 3.05) is 25.0 Å². The van der Waals surface area contributed by atoms with Gasteiger partial charge in [-0.2, -0.15) is 0 Å². The van der Waals surface area contributed by atoms with E-state index in [4.69, 9.17) is 0 Å². The molecule has 3 amide bonds. The SMILES string of the molecule is CC(C)CNC(=O)c1ccc(NC(=O)N2CC(C)CC(C(=O)O)C2)cc1. The Bertz CT molecular complexity index is 657. The molecule has 2 unspecified atom stereocenters. The molecular formula is C19H27N3O4. The predicted octanol–water partition coefficient (Wildman–Crippen LogP) is 2.65. The number of carbonyl (C=O) groups is 3. The molecule has 0 bridgehead atoms. The third kappa shape index (κ3) is 5.47. The number of piperidine rings is 1. The molecule has 1 saturated heterocycles. The van der Waals surface area contributed by atoms with Crippen molar-refractivity contribution in [3.63, 3.8) is 0 Å². The molecule has 7 heteroatoms. The molecule has 1 heterocycles. The number of carbonyl (C=O) groups excluding carboxylic acids is 2. The molecule has 3 N–H and O–H groups in total. The minimum atomic E-state index is -0.869. The van der Waals surface area contributed by atoms with Gasteiger partial charge >= 0.3 is 12.0 Å². The van der Waals surface area contributed by atoms with Crippen LogP contribution in [0.2, 0.25) is 0 Å². The molecule has 0 aliphatic carbocycles. The zero-order valence-electron chi connectivity index (χ0n) is 15.5. The lowest BCUT2D eigenvalue weighted by molar-refractivity contribution is -0.143. The number of urea groups is 1. The fraction of sp³-hybridized carbons (Fsp3) is 0.526. The average Bonchev–Trinajstić information content (AvgIpc) is 2.59. The van der Waals surface area contributed by atoms with E-state index in [2.05, 4.69) is 10.6 Å². The predicted molar refractivity (Wildman–Crippen MR) is 99.1 cm³/mol. The Morgan fingerprint density at radius 3 is 2.42 bits per heavy atom. The first kappa shape index (κ1) is 19.8. The van der Waals surface area contributed by atoms with E-state index < -0.39 is 11.9 Å². The second kappa shape index (κ2) is 8.69. The lowest BCUT2D eigenvalue weighted by atomic mass is 9.91. The van der Waals surface area contributed by atoms with Gasteiger partial charge in [-0.05, 0) is 42.5 Å². The Morgan fingerprint density at radius 1 is 1.19 bits per heavy atom. The Balaban J connectivity index is 1.94. The van der Waals surface area contributed by atoms with Gasteiger partial charge in [-0.15, -0.1) is 0 Å². The van der Waals surface area contributed by atoms with Gasteiger partial charge in [-0.3, -0.25) is 9.59 Å². The fourth-order valence-electron chi connectivity index (χ4n) is 3.00. The molecule has 2 rings (SSSR count). The topological polar surface area (TPSA) is 98.7 Å². The van der Waals surface area contributed by atoms with Gasteiger partial charge in [0.25, 0.3) is 5.91 Å². The van der Waals surface area contributed by atoms with Crippen LogP contribution < -0.4 is 10.6 Å². The molecule has 0 radical (unpaired) electrons. The molecule has 0 saturated carbocycles. The second-order valence-electron chi connectivity index (χ2n) is 7.39. The van der Waals surface area contributed by atoms with E-state index in [9.17, 15) is 19.5 Å². The largest absolute Gasteiger partial charge is 0.481 e. The molecule has 2 atom stereocenters. The number of nitrogens with zero attached hydrogens (tertiary/aromatic N) is 1. The zero-order chi connectivity index (χ0) is 19.3. The highest BCUT2D eigenvalue weighted by atomic mass is 16.4. The number of hydrogen-bond donors (Lipinski definition) is 3. The van der Waals surface area contributed by atoms with Crippen LogP contribution in [0.1, 0.15) is 37.6 Å². The van der Waals surface area contributed by atoms with E-state index >= 15 is 0 Å². The van der Waals surface area contributed by atoms with Crippen LogP contribution in [-0.4, -0.2) is 47.5 Å². The van der Waals surface area contributed by atoms with Crippen molar-refractivity contribution in [3.05, 3.63) is 29.8 Å². The van der Waals surface area contributed by atoms with Crippen LogP contribution in [0.15, 0.2) is 24.3 Å². The number of likely N-dealkylation sites (tertiary alicyclic amines) is 1. The summed E-state index contributed by atoms with van der Waals surface area (Å²) in [6, 6.07) is 6.34. The quantitative estimate of drug-likeness (QED) is 0.751. The molecule has 1 fully saturated rings. The number of carboxylic acids is 1. The first-order valence-corrected chi connectivity index (χ1v) is 8.93. The Morgan fingerprint density at radius 2 is 1.85 bits per heavy atom. The second-order valence-corrected chi connectivity index (χ2v) is 7.39. The summed E-state index contributed by atoms with van der Waals surface area (Å²) >= 11 is 0. The van der Waals surface area contributed by atoms with E-state index in [-0.39, 0.29) is 24.4 Å². The molecule has 26 heavy (non-hydrogen) atoms. The maximum atomic E-state index is 12.4. The van der Waals surface area contributed by atoms with Crippen LogP contribution in [0, 0.1) is 17.8 Å². The van der Waals surface area contributed by atoms with Crippen LogP contribution >= 0.6 is 0 Å². The maximum Gasteiger partial charge on any atom is 0.321 e.